The van der Waals surface area contributed by atoms with Gasteiger partial charge in [-0.2, -0.15) is 0 Å². The van der Waals surface area contributed by atoms with Gasteiger partial charge in [0.1, 0.15) is 0 Å². The normalized spacial score (nSPS) is 56.5. The van der Waals surface area contributed by atoms with Crippen LogP contribution >= 0.6 is 0 Å². The van der Waals surface area contributed by atoms with E-state index in [0.29, 0.717) is 5.41 Å². The first-order chi connectivity index (χ1) is 9.24. The SMILES string of the molecule is CCC1(C)CCC2CCCC3C4CCCCC4C1C23. The first-order valence-corrected chi connectivity index (χ1v) is 9.24. The molecule has 0 N–H and O–H groups in total. The fourth-order valence-corrected chi connectivity index (χ4v) is 7.27. The molecule has 0 heteroatoms. The van der Waals surface area contributed by atoms with Gasteiger partial charge in [-0.3, -0.25) is 0 Å². The van der Waals surface area contributed by atoms with Gasteiger partial charge >= 0.3 is 0 Å². The second-order valence-corrected chi connectivity index (χ2v) is 8.62. The van der Waals surface area contributed by atoms with Gasteiger partial charge in [-0.1, -0.05) is 46.0 Å². The minimum absolute atomic E-state index is 0.702. The van der Waals surface area contributed by atoms with Gasteiger partial charge < -0.3 is 0 Å². The van der Waals surface area contributed by atoms with Gasteiger partial charge in [-0.15, -0.1) is 0 Å². The Hall–Kier alpha value is 0. The molecule has 0 amide bonds. The van der Waals surface area contributed by atoms with Crippen molar-refractivity contribution in [3.63, 3.8) is 0 Å². The zero-order chi connectivity index (χ0) is 13.0. The summed E-state index contributed by atoms with van der Waals surface area (Å²) >= 11 is 0. The maximum absolute atomic E-state index is 2.66. The Labute approximate surface area is 119 Å². The Kier molecular flexibility index (Phi) is 3.01. The third-order valence-corrected chi connectivity index (χ3v) is 8.15. The molecule has 0 heterocycles. The van der Waals surface area contributed by atoms with Crippen LogP contribution in [0, 0.1) is 40.9 Å². The summed E-state index contributed by atoms with van der Waals surface area (Å²) < 4.78 is 0. The van der Waals surface area contributed by atoms with E-state index in [1.165, 1.54) is 6.42 Å². The van der Waals surface area contributed by atoms with Crippen molar-refractivity contribution in [2.75, 3.05) is 0 Å². The van der Waals surface area contributed by atoms with Crippen LogP contribution in [0.25, 0.3) is 0 Å². The predicted octanol–water partition coefficient (Wildman–Crippen LogP) is 5.67. The summed E-state index contributed by atoms with van der Waals surface area (Å²) in [6.45, 7) is 5.14. The molecule has 0 aromatic rings. The van der Waals surface area contributed by atoms with Crippen LogP contribution < -0.4 is 0 Å². The average Bonchev–Trinajstić information content (AvgIpc) is 2.81. The summed E-state index contributed by atoms with van der Waals surface area (Å²) in [4.78, 5) is 0. The van der Waals surface area contributed by atoms with E-state index in [1.54, 1.807) is 57.8 Å². The van der Waals surface area contributed by atoms with E-state index in [9.17, 15) is 0 Å². The lowest BCUT2D eigenvalue weighted by atomic mass is 9.54. The van der Waals surface area contributed by atoms with Crippen molar-refractivity contribution in [3.05, 3.63) is 0 Å². The summed E-state index contributed by atoms with van der Waals surface area (Å²) in [6.07, 6.45) is 15.6. The smallest absolute Gasteiger partial charge is 0.0294 e. The molecule has 0 radical (unpaired) electrons. The highest BCUT2D eigenvalue weighted by Gasteiger charge is 2.60. The molecule has 4 fully saturated rings. The van der Waals surface area contributed by atoms with Crippen LogP contribution in [-0.2, 0) is 0 Å². The molecular weight excluding hydrogens is 228 g/mol. The molecule has 0 aromatic heterocycles. The zero-order valence-electron chi connectivity index (χ0n) is 13.0. The standard InChI is InChI=1S/C19H32/c1-3-19(2)12-11-13-7-6-10-15-14-8-4-5-9-16(14)18(19)17(13)15/h13-18H,3-12H2,1-2H3. The molecule has 0 aliphatic heterocycles. The lowest BCUT2D eigenvalue weighted by molar-refractivity contribution is -0.0224. The van der Waals surface area contributed by atoms with Crippen LogP contribution in [0.4, 0.5) is 0 Å². The number of fused-ring (bicyclic) bond motifs is 3. The molecule has 0 aromatic carbocycles. The Bertz CT molecular complexity index is 346. The van der Waals surface area contributed by atoms with Crippen LogP contribution in [0.1, 0.15) is 78.1 Å². The van der Waals surface area contributed by atoms with Crippen LogP contribution in [0.3, 0.4) is 0 Å². The van der Waals surface area contributed by atoms with Crippen molar-refractivity contribution in [3.8, 4) is 0 Å². The van der Waals surface area contributed by atoms with Crippen LogP contribution in [-0.4, -0.2) is 0 Å². The summed E-state index contributed by atoms with van der Waals surface area (Å²) in [5.41, 5.74) is 0.702. The van der Waals surface area contributed by atoms with Crippen LogP contribution in [0.5, 0.6) is 0 Å². The summed E-state index contributed by atoms with van der Waals surface area (Å²) in [5.74, 6) is 6.84. The van der Waals surface area contributed by atoms with Gasteiger partial charge in [0.2, 0.25) is 0 Å². The van der Waals surface area contributed by atoms with E-state index < -0.39 is 0 Å². The minimum Gasteiger partial charge on any atom is -0.0649 e. The van der Waals surface area contributed by atoms with Crippen molar-refractivity contribution in [2.45, 2.75) is 78.1 Å². The largest absolute Gasteiger partial charge is 0.0649 e. The molecule has 4 saturated carbocycles. The first kappa shape index (κ1) is 12.7. The van der Waals surface area contributed by atoms with Crippen molar-refractivity contribution >= 4 is 0 Å². The quantitative estimate of drug-likeness (QED) is 0.570. The maximum Gasteiger partial charge on any atom is -0.0294 e. The van der Waals surface area contributed by atoms with Crippen molar-refractivity contribution in [1.82, 2.24) is 0 Å². The minimum atomic E-state index is 0.702. The van der Waals surface area contributed by atoms with Crippen molar-refractivity contribution in [1.29, 1.82) is 0 Å². The Morgan fingerprint density at radius 1 is 0.842 bits per heavy atom. The Balaban J connectivity index is 1.73. The second kappa shape index (κ2) is 4.50. The fourth-order valence-electron chi connectivity index (χ4n) is 7.27. The highest BCUT2D eigenvalue weighted by molar-refractivity contribution is 5.08. The van der Waals surface area contributed by atoms with E-state index in [-0.39, 0.29) is 0 Å². The lowest BCUT2D eigenvalue weighted by Crippen LogP contribution is -2.44. The fraction of sp³-hybridized carbons (Fsp3) is 1.00. The Morgan fingerprint density at radius 2 is 1.58 bits per heavy atom. The molecule has 7 atom stereocenters. The van der Waals surface area contributed by atoms with Gasteiger partial charge in [0.05, 0.1) is 0 Å². The van der Waals surface area contributed by atoms with E-state index in [0.717, 1.165) is 35.5 Å². The van der Waals surface area contributed by atoms with E-state index in [2.05, 4.69) is 13.8 Å². The topological polar surface area (TPSA) is 0 Å². The van der Waals surface area contributed by atoms with Crippen molar-refractivity contribution < 1.29 is 0 Å². The molecule has 7 unspecified atom stereocenters. The highest BCUT2D eigenvalue weighted by atomic mass is 14.6. The average molecular weight is 260 g/mol. The number of hydrogen-bond donors (Lipinski definition) is 0. The molecule has 108 valence electrons. The molecule has 0 saturated heterocycles. The van der Waals surface area contributed by atoms with Gasteiger partial charge in [0.25, 0.3) is 0 Å². The van der Waals surface area contributed by atoms with Crippen LogP contribution in [0.2, 0.25) is 0 Å². The second-order valence-electron chi connectivity index (χ2n) is 8.62. The predicted molar refractivity (Wildman–Crippen MR) is 80.9 cm³/mol. The monoisotopic (exact) mass is 260 g/mol. The van der Waals surface area contributed by atoms with E-state index >= 15 is 0 Å². The van der Waals surface area contributed by atoms with Gasteiger partial charge in [-0.05, 0) is 73.0 Å². The summed E-state index contributed by atoms with van der Waals surface area (Å²) in [6, 6.07) is 0. The third-order valence-electron chi connectivity index (χ3n) is 8.15. The molecule has 19 heavy (non-hydrogen) atoms. The first-order valence-electron chi connectivity index (χ1n) is 9.24. The molecule has 0 spiro atoms. The van der Waals surface area contributed by atoms with E-state index in [4.69, 9.17) is 0 Å². The molecule has 0 nitrogen and oxygen atoms in total. The molecule has 4 aliphatic rings. The summed E-state index contributed by atoms with van der Waals surface area (Å²) in [7, 11) is 0. The maximum atomic E-state index is 2.66. The third kappa shape index (κ3) is 1.70. The molecular formula is C19H32. The van der Waals surface area contributed by atoms with Gasteiger partial charge in [-0.25, -0.2) is 0 Å². The summed E-state index contributed by atoms with van der Waals surface area (Å²) in [5, 5.41) is 0. The molecule has 4 aliphatic carbocycles. The lowest BCUT2D eigenvalue weighted by Gasteiger charge is -2.51. The number of rotatable bonds is 1. The van der Waals surface area contributed by atoms with Gasteiger partial charge in [0.15, 0.2) is 0 Å². The van der Waals surface area contributed by atoms with E-state index in [1.807, 2.05) is 0 Å². The van der Waals surface area contributed by atoms with Gasteiger partial charge in [0, 0.05) is 0 Å². The number of hydrogen-bond acceptors (Lipinski definition) is 0. The highest BCUT2D eigenvalue weighted by Crippen LogP contribution is 2.67. The van der Waals surface area contributed by atoms with Crippen LogP contribution in [0.15, 0.2) is 0 Å². The zero-order valence-corrected chi connectivity index (χ0v) is 13.0. The van der Waals surface area contributed by atoms with Crippen molar-refractivity contribution in [2.24, 2.45) is 40.9 Å². The molecule has 4 rings (SSSR count). The molecule has 0 bridgehead atoms. The Morgan fingerprint density at radius 3 is 2.37 bits per heavy atom.